The lowest BCUT2D eigenvalue weighted by Gasteiger charge is -2.13. The number of hydrogen-bond donors (Lipinski definition) is 1. The molecule has 0 fully saturated rings. The predicted molar refractivity (Wildman–Crippen MR) is 92.9 cm³/mol. The highest BCUT2D eigenvalue weighted by atomic mass is 35.5. The third-order valence-electron chi connectivity index (χ3n) is 3.25. The average molecular weight is 340 g/mol. The third kappa shape index (κ3) is 6.08. The molecule has 0 unspecified atom stereocenters. The van der Waals surface area contributed by atoms with Crippen LogP contribution >= 0.6 is 12.4 Å². The van der Waals surface area contributed by atoms with Crippen molar-refractivity contribution in [3.05, 3.63) is 59.4 Å². The summed E-state index contributed by atoms with van der Waals surface area (Å²) in [6.07, 6.45) is 0. The Kier molecular flexibility index (Phi) is 7.86. The number of methoxy groups -OCH3 is 1. The molecule has 2 aromatic carbocycles. The van der Waals surface area contributed by atoms with Gasteiger partial charge in [-0.05, 0) is 35.4 Å². The monoisotopic (exact) mass is 339 g/mol. The molecular formula is C18H23ClFNO2. The topological polar surface area (TPSA) is 30.5 Å². The number of hydrogen-bond acceptors (Lipinski definition) is 3. The molecule has 0 saturated carbocycles. The van der Waals surface area contributed by atoms with Crippen LogP contribution in [-0.4, -0.2) is 13.2 Å². The molecule has 0 spiro atoms. The number of benzene rings is 2. The maximum absolute atomic E-state index is 12.9. The van der Waals surface area contributed by atoms with Crippen molar-refractivity contribution >= 4 is 12.4 Å². The van der Waals surface area contributed by atoms with Crippen LogP contribution in [0.3, 0.4) is 0 Å². The summed E-state index contributed by atoms with van der Waals surface area (Å²) >= 11 is 0. The van der Waals surface area contributed by atoms with E-state index in [1.165, 1.54) is 12.1 Å². The molecule has 2 aromatic rings. The molecule has 1 N–H and O–H groups in total. The van der Waals surface area contributed by atoms with Gasteiger partial charge in [-0.25, -0.2) is 4.39 Å². The van der Waals surface area contributed by atoms with Gasteiger partial charge in [0.05, 0.1) is 7.11 Å². The minimum atomic E-state index is -0.247. The Bertz CT molecular complexity index is 602. The van der Waals surface area contributed by atoms with Crippen molar-refractivity contribution < 1.29 is 13.9 Å². The van der Waals surface area contributed by atoms with Crippen molar-refractivity contribution in [1.29, 1.82) is 0 Å². The first-order chi connectivity index (χ1) is 10.6. The van der Waals surface area contributed by atoms with Crippen molar-refractivity contribution in [2.75, 3.05) is 7.11 Å². The van der Waals surface area contributed by atoms with E-state index in [9.17, 15) is 4.39 Å². The Labute approximate surface area is 143 Å². The molecule has 23 heavy (non-hydrogen) atoms. The molecule has 5 heteroatoms. The van der Waals surface area contributed by atoms with E-state index in [1.807, 2.05) is 18.2 Å². The van der Waals surface area contributed by atoms with Crippen LogP contribution in [0.4, 0.5) is 4.39 Å². The van der Waals surface area contributed by atoms with Crippen LogP contribution in [0.2, 0.25) is 0 Å². The molecule has 0 aliphatic carbocycles. The van der Waals surface area contributed by atoms with Crippen LogP contribution in [0.25, 0.3) is 0 Å². The SMILES string of the molecule is COc1cc(CNC(C)C)ccc1OCc1ccc(F)cc1.Cl. The fraction of sp³-hybridized carbons (Fsp3) is 0.333. The van der Waals surface area contributed by atoms with Gasteiger partial charge in [-0.15, -0.1) is 12.4 Å². The van der Waals surface area contributed by atoms with E-state index in [4.69, 9.17) is 9.47 Å². The number of rotatable bonds is 7. The first kappa shape index (κ1) is 19.3. The molecule has 0 radical (unpaired) electrons. The molecular weight excluding hydrogens is 317 g/mol. The Morgan fingerprint density at radius 1 is 1.00 bits per heavy atom. The highest BCUT2D eigenvalue weighted by Gasteiger charge is 2.07. The maximum atomic E-state index is 12.9. The van der Waals surface area contributed by atoms with E-state index in [-0.39, 0.29) is 18.2 Å². The van der Waals surface area contributed by atoms with Gasteiger partial charge in [0.15, 0.2) is 11.5 Å². The van der Waals surface area contributed by atoms with Gasteiger partial charge in [0.25, 0.3) is 0 Å². The van der Waals surface area contributed by atoms with E-state index >= 15 is 0 Å². The first-order valence-electron chi connectivity index (χ1n) is 7.36. The molecule has 0 aliphatic rings. The second-order valence-corrected chi connectivity index (χ2v) is 5.44. The van der Waals surface area contributed by atoms with Crippen LogP contribution in [0.1, 0.15) is 25.0 Å². The third-order valence-corrected chi connectivity index (χ3v) is 3.25. The number of halogens is 2. The second-order valence-electron chi connectivity index (χ2n) is 5.44. The number of ether oxygens (including phenoxy) is 2. The smallest absolute Gasteiger partial charge is 0.161 e. The number of nitrogens with one attached hydrogen (secondary N) is 1. The van der Waals surface area contributed by atoms with Crippen molar-refractivity contribution in [3.8, 4) is 11.5 Å². The van der Waals surface area contributed by atoms with Gasteiger partial charge < -0.3 is 14.8 Å². The molecule has 0 amide bonds. The standard InChI is InChI=1S/C18H22FNO2.ClH/c1-13(2)20-11-15-6-9-17(18(10-15)21-3)22-12-14-4-7-16(19)8-5-14;/h4-10,13,20H,11-12H2,1-3H3;1H. The normalized spacial score (nSPS) is 10.3. The Morgan fingerprint density at radius 2 is 1.65 bits per heavy atom. The predicted octanol–water partition coefficient (Wildman–Crippen LogP) is 4.33. The van der Waals surface area contributed by atoms with Crippen molar-refractivity contribution in [2.24, 2.45) is 0 Å². The van der Waals surface area contributed by atoms with Gasteiger partial charge >= 0.3 is 0 Å². The highest BCUT2D eigenvalue weighted by Crippen LogP contribution is 2.28. The van der Waals surface area contributed by atoms with E-state index in [1.54, 1.807) is 19.2 Å². The summed E-state index contributed by atoms with van der Waals surface area (Å²) in [5.74, 6) is 1.13. The van der Waals surface area contributed by atoms with E-state index in [0.29, 0.717) is 24.1 Å². The average Bonchev–Trinajstić information content (AvgIpc) is 2.52. The Balaban J connectivity index is 0.00000264. The summed E-state index contributed by atoms with van der Waals surface area (Å²) in [6, 6.07) is 12.6. The molecule has 0 bridgehead atoms. The molecule has 2 rings (SSSR count). The van der Waals surface area contributed by atoms with Gasteiger partial charge in [-0.3, -0.25) is 0 Å². The lowest BCUT2D eigenvalue weighted by molar-refractivity contribution is 0.284. The van der Waals surface area contributed by atoms with Crippen LogP contribution < -0.4 is 14.8 Å². The van der Waals surface area contributed by atoms with Crippen LogP contribution in [0.5, 0.6) is 11.5 Å². The molecule has 3 nitrogen and oxygen atoms in total. The van der Waals surface area contributed by atoms with Crippen molar-refractivity contribution in [3.63, 3.8) is 0 Å². The lowest BCUT2D eigenvalue weighted by atomic mass is 10.2. The van der Waals surface area contributed by atoms with Gasteiger partial charge in [-0.2, -0.15) is 0 Å². The summed E-state index contributed by atoms with van der Waals surface area (Å²) in [5.41, 5.74) is 2.05. The largest absolute Gasteiger partial charge is 0.493 e. The zero-order valence-corrected chi connectivity index (χ0v) is 14.5. The summed E-state index contributed by atoms with van der Waals surface area (Å²) in [5, 5.41) is 3.36. The zero-order valence-electron chi connectivity index (χ0n) is 13.6. The minimum absolute atomic E-state index is 0. The van der Waals surface area contributed by atoms with Crippen LogP contribution in [0, 0.1) is 5.82 Å². The van der Waals surface area contributed by atoms with E-state index in [2.05, 4.69) is 19.2 Å². The van der Waals surface area contributed by atoms with E-state index < -0.39 is 0 Å². The summed E-state index contributed by atoms with van der Waals surface area (Å²) in [6.45, 7) is 5.38. The fourth-order valence-corrected chi connectivity index (χ4v) is 2.00. The molecule has 0 atom stereocenters. The van der Waals surface area contributed by atoms with Crippen molar-refractivity contribution in [2.45, 2.75) is 33.0 Å². The molecule has 0 saturated heterocycles. The zero-order chi connectivity index (χ0) is 15.9. The van der Waals surface area contributed by atoms with Gasteiger partial charge in [-0.1, -0.05) is 32.0 Å². The van der Waals surface area contributed by atoms with Gasteiger partial charge in [0.2, 0.25) is 0 Å². The van der Waals surface area contributed by atoms with Crippen molar-refractivity contribution in [1.82, 2.24) is 5.32 Å². The van der Waals surface area contributed by atoms with Gasteiger partial charge in [0.1, 0.15) is 12.4 Å². The summed E-state index contributed by atoms with van der Waals surface area (Å²) in [4.78, 5) is 0. The van der Waals surface area contributed by atoms with Crippen LogP contribution in [0.15, 0.2) is 42.5 Å². The molecule has 0 aliphatic heterocycles. The summed E-state index contributed by atoms with van der Waals surface area (Å²) < 4.78 is 24.0. The molecule has 0 heterocycles. The van der Waals surface area contributed by atoms with Crippen LogP contribution in [-0.2, 0) is 13.2 Å². The molecule has 126 valence electrons. The highest BCUT2D eigenvalue weighted by molar-refractivity contribution is 5.85. The Morgan fingerprint density at radius 3 is 2.26 bits per heavy atom. The lowest BCUT2D eigenvalue weighted by Crippen LogP contribution is -2.21. The minimum Gasteiger partial charge on any atom is -0.493 e. The maximum Gasteiger partial charge on any atom is 0.161 e. The van der Waals surface area contributed by atoms with Gasteiger partial charge in [0, 0.05) is 12.6 Å². The second kappa shape index (κ2) is 9.38. The molecule has 0 aromatic heterocycles. The summed E-state index contributed by atoms with van der Waals surface area (Å²) in [7, 11) is 1.62. The van der Waals surface area contributed by atoms with E-state index in [0.717, 1.165) is 17.7 Å². The quantitative estimate of drug-likeness (QED) is 0.814. The first-order valence-corrected chi connectivity index (χ1v) is 7.36. The Hall–Kier alpha value is -1.78. The fourth-order valence-electron chi connectivity index (χ4n) is 2.00.